The van der Waals surface area contributed by atoms with E-state index < -0.39 is 23.0 Å². The lowest BCUT2D eigenvalue weighted by atomic mass is 9.98. The summed E-state index contributed by atoms with van der Waals surface area (Å²) >= 11 is 0. The van der Waals surface area contributed by atoms with E-state index in [1.807, 2.05) is 4.72 Å². The van der Waals surface area contributed by atoms with Gasteiger partial charge in [-0.25, -0.2) is 21.9 Å². The fourth-order valence-electron chi connectivity index (χ4n) is 2.47. The second-order valence-corrected chi connectivity index (χ2v) is 7.44. The zero-order valence-corrected chi connectivity index (χ0v) is 15.1. The Hall–Kier alpha value is -1.29. The predicted molar refractivity (Wildman–Crippen MR) is 92.8 cm³/mol. The Labute approximate surface area is 152 Å². The number of piperidine rings is 1. The van der Waals surface area contributed by atoms with E-state index in [-0.39, 0.29) is 23.2 Å². The molecule has 1 aliphatic rings. The Morgan fingerprint density at radius 1 is 1.20 bits per heavy atom. The third kappa shape index (κ3) is 6.85. The van der Waals surface area contributed by atoms with E-state index in [1.54, 1.807) is 0 Å². The van der Waals surface area contributed by atoms with Gasteiger partial charge in [0.15, 0.2) is 0 Å². The first-order chi connectivity index (χ1) is 11.4. The summed E-state index contributed by atoms with van der Waals surface area (Å²) in [5, 5.41) is 6.09. The van der Waals surface area contributed by atoms with Crippen molar-refractivity contribution in [3.05, 3.63) is 29.8 Å². The van der Waals surface area contributed by atoms with Crippen molar-refractivity contribution in [1.29, 1.82) is 0 Å². The maximum atomic E-state index is 12.1. The average molecular weight is 398 g/mol. The van der Waals surface area contributed by atoms with Gasteiger partial charge in [0, 0.05) is 12.1 Å². The normalized spacial score (nSPS) is 15.6. The highest BCUT2D eigenvalue weighted by atomic mass is 35.5. The summed E-state index contributed by atoms with van der Waals surface area (Å²) in [5.74, 6) is 0.159. The van der Waals surface area contributed by atoms with E-state index in [0.29, 0.717) is 18.0 Å². The van der Waals surface area contributed by atoms with Gasteiger partial charge in [-0.1, -0.05) is 0 Å². The minimum absolute atomic E-state index is 0. The van der Waals surface area contributed by atoms with Crippen LogP contribution < -0.4 is 15.4 Å². The lowest BCUT2D eigenvalue weighted by Gasteiger charge is -2.22. The molecule has 0 spiro atoms. The molecule has 25 heavy (non-hydrogen) atoms. The highest BCUT2D eigenvalue weighted by Gasteiger charge is 2.18. The standard InChI is InChI=1S/C15H21F2N3O3S.ClH/c16-14(17)10-20-24(22,23)13-3-1-12(2-4-13)15(21)19-9-11-5-7-18-8-6-11;/h1-4,11,14,18,20H,5-10H2,(H,19,21);1H. The summed E-state index contributed by atoms with van der Waals surface area (Å²) in [6.07, 6.45) is -0.750. The van der Waals surface area contributed by atoms with Crippen LogP contribution >= 0.6 is 12.4 Å². The second-order valence-electron chi connectivity index (χ2n) is 5.67. The largest absolute Gasteiger partial charge is 0.352 e. The quantitative estimate of drug-likeness (QED) is 0.648. The van der Waals surface area contributed by atoms with Crippen LogP contribution in [0.15, 0.2) is 29.2 Å². The molecular weight excluding hydrogens is 376 g/mol. The Morgan fingerprint density at radius 2 is 1.80 bits per heavy atom. The van der Waals surface area contributed by atoms with Gasteiger partial charge in [-0.05, 0) is 56.1 Å². The summed E-state index contributed by atoms with van der Waals surface area (Å²) in [5.41, 5.74) is 0.330. The van der Waals surface area contributed by atoms with Crippen molar-refractivity contribution < 1.29 is 22.0 Å². The van der Waals surface area contributed by atoms with Gasteiger partial charge in [0.05, 0.1) is 11.4 Å². The molecule has 1 saturated heterocycles. The van der Waals surface area contributed by atoms with Gasteiger partial charge in [0.2, 0.25) is 10.0 Å². The zero-order chi connectivity index (χ0) is 17.6. The van der Waals surface area contributed by atoms with Gasteiger partial charge in [-0.3, -0.25) is 4.79 Å². The van der Waals surface area contributed by atoms with Gasteiger partial charge in [-0.2, -0.15) is 0 Å². The smallest absolute Gasteiger partial charge is 0.251 e. The number of alkyl halides is 2. The first-order valence-electron chi connectivity index (χ1n) is 7.75. The third-order valence-electron chi connectivity index (χ3n) is 3.86. The van der Waals surface area contributed by atoms with Crippen molar-refractivity contribution >= 4 is 28.3 Å². The molecule has 1 fully saturated rings. The fraction of sp³-hybridized carbons (Fsp3) is 0.533. The topological polar surface area (TPSA) is 87.3 Å². The van der Waals surface area contributed by atoms with Crippen LogP contribution in [0.1, 0.15) is 23.2 Å². The molecule has 1 aliphatic heterocycles. The highest BCUT2D eigenvalue weighted by molar-refractivity contribution is 7.89. The van der Waals surface area contributed by atoms with Crippen LogP contribution in [0.25, 0.3) is 0 Å². The molecule has 10 heteroatoms. The Morgan fingerprint density at radius 3 is 2.36 bits per heavy atom. The fourth-order valence-corrected chi connectivity index (χ4v) is 3.47. The van der Waals surface area contributed by atoms with Crippen molar-refractivity contribution in [2.75, 3.05) is 26.2 Å². The number of halogens is 3. The van der Waals surface area contributed by atoms with E-state index in [2.05, 4.69) is 10.6 Å². The molecule has 0 bridgehead atoms. The number of hydrogen-bond donors (Lipinski definition) is 3. The SMILES string of the molecule is Cl.O=C(NCC1CCNCC1)c1ccc(S(=O)(=O)NCC(F)F)cc1. The number of amides is 1. The molecule has 2 rings (SSSR count). The van der Waals surface area contributed by atoms with Crippen LogP contribution in [0.5, 0.6) is 0 Å². The van der Waals surface area contributed by atoms with E-state index >= 15 is 0 Å². The average Bonchev–Trinajstić information content (AvgIpc) is 2.59. The molecule has 1 aromatic carbocycles. The van der Waals surface area contributed by atoms with E-state index in [4.69, 9.17) is 0 Å². The Bertz CT molecular complexity index is 650. The molecule has 1 aromatic rings. The second kappa shape index (κ2) is 10.0. The molecule has 3 N–H and O–H groups in total. The third-order valence-corrected chi connectivity index (χ3v) is 5.30. The number of carbonyl (C=O) groups excluding carboxylic acids is 1. The van der Waals surface area contributed by atoms with Crippen LogP contribution in [0.4, 0.5) is 8.78 Å². The van der Waals surface area contributed by atoms with Crippen LogP contribution in [0.2, 0.25) is 0 Å². The molecule has 1 heterocycles. The first-order valence-corrected chi connectivity index (χ1v) is 9.23. The van der Waals surface area contributed by atoms with E-state index in [0.717, 1.165) is 25.9 Å². The lowest BCUT2D eigenvalue weighted by molar-refractivity contribution is 0.0944. The van der Waals surface area contributed by atoms with Crippen LogP contribution in [-0.4, -0.2) is 46.9 Å². The van der Waals surface area contributed by atoms with Gasteiger partial charge >= 0.3 is 0 Å². The number of carbonyl (C=O) groups is 1. The number of sulfonamides is 1. The molecule has 0 saturated carbocycles. The molecular formula is C15H22ClF2N3O3S. The van der Waals surface area contributed by atoms with Gasteiger partial charge in [0.25, 0.3) is 12.3 Å². The van der Waals surface area contributed by atoms with Crippen molar-refractivity contribution in [3.8, 4) is 0 Å². The van der Waals surface area contributed by atoms with Crippen molar-refractivity contribution in [2.24, 2.45) is 5.92 Å². The molecule has 0 aromatic heterocycles. The number of rotatable bonds is 7. The summed E-state index contributed by atoms with van der Waals surface area (Å²) in [6.45, 7) is 1.52. The molecule has 0 atom stereocenters. The molecule has 0 radical (unpaired) electrons. The molecule has 142 valence electrons. The van der Waals surface area contributed by atoms with Crippen LogP contribution in [0.3, 0.4) is 0 Å². The molecule has 0 unspecified atom stereocenters. The van der Waals surface area contributed by atoms with E-state index in [1.165, 1.54) is 24.3 Å². The zero-order valence-electron chi connectivity index (χ0n) is 13.5. The van der Waals surface area contributed by atoms with Gasteiger partial charge in [-0.15, -0.1) is 12.4 Å². The monoisotopic (exact) mass is 397 g/mol. The maximum Gasteiger partial charge on any atom is 0.251 e. The van der Waals surface area contributed by atoms with Gasteiger partial charge in [0.1, 0.15) is 0 Å². The van der Waals surface area contributed by atoms with Gasteiger partial charge < -0.3 is 10.6 Å². The highest BCUT2D eigenvalue weighted by Crippen LogP contribution is 2.12. The molecule has 6 nitrogen and oxygen atoms in total. The summed E-state index contributed by atoms with van der Waals surface area (Å²) < 4.78 is 49.6. The van der Waals surface area contributed by atoms with Crippen LogP contribution in [0, 0.1) is 5.92 Å². The predicted octanol–water partition coefficient (Wildman–Crippen LogP) is 1.38. The van der Waals surface area contributed by atoms with Crippen molar-refractivity contribution in [1.82, 2.24) is 15.4 Å². The van der Waals surface area contributed by atoms with E-state index in [9.17, 15) is 22.0 Å². The number of benzene rings is 1. The molecule has 0 aliphatic carbocycles. The Kier molecular flexibility index (Phi) is 8.70. The number of hydrogen-bond acceptors (Lipinski definition) is 4. The minimum Gasteiger partial charge on any atom is -0.352 e. The molecule has 1 amide bonds. The maximum absolute atomic E-state index is 12.1. The summed E-state index contributed by atoms with van der Waals surface area (Å²) in [7, 11) is -4.00. The van der Waals surface area contributed by atoms with Crippen LogP contribution in [-0.2, 0) is 10.0 Å². The van der Waals surface area contributed by atoms with Crippen molar-refractivity contribution in [2.45, 2.75) is 24.2 Å². The minimum atomic E-state index is -4.00. The number of nitrogens with one attached hydrogen (secondary N) is 3. The van der Waals surface area contributed by atoms with Crippen molar-refractivity contribution in [3.63, 3.8) is 0 Å². The Balaban J connectivity index is 0.00000312. The summed E-state index contributed by atoms with van der Waals surface area (Å²) in [6, 6.07) is 5.20. The lowest BCUT2D eigenvalue weighted by Crippen LogP contribution is -2.36. The summed E-state index contributed by atoms with van der Waals surface area (Å²) in [4.78, 5) is 11.9. The first kappa shape index (κ1) is 21.8.